The molecular weight excluding hydrogens is 256 g/mol. The third-order valence-corrected chi connectivity index (χ3v) is 4.62. The molecule has 4 N–H and O–H groups in total. The molecule has 0 aliphatic heterocycles. The van der Waals surface area contributed by atoms with E-state index in [9.17, 15) is 9.59 Å². The second kappa shape index (κ2) is 7.07. The number of nitrogens with one attached hydrogen (secondary N) is 1. The lowest BCUT2D eigenvalue weighted by molar-refractivity contribution is -0.141. The zero-order chi connectivity index (χ0) is 15.3. The van der Waals surface area contributed by atoms with E-state index in [0.29, 0.717) is 6.42 Å². The predicted molar refractivity (Wildman–Crippen MR) is 78.2 cm³/mol. The maximum atomic E-state index is 12.3. The van der Waals surface area contributed by atoms with Gasteiger partial charge in [0.25, 0.3) is 0 Å². The fourth-order valence-corrected chi connectivity index (χ4v) is 2.79. The molecule has 0 saturated heterocycles. The normalized spacial score (nSPS) is 28.9. The van der Waals surface area contributed by atoms with Gasteiger partial charge in [-0.3, -0.25) is 9.59 Å². The van der Waals surface area contributed by atoms with Crippen LogP contribution in [-0.2, 0) is 9.59 Å². The second-order valence-electron chi connectivity index (χ2n) is 6.46. The first-order valence-corrected chi connectivity index (χ1v) is 7.56. The van der Waals surface area contributed by atoms with Gasteiger partial charge in [-0.2, -0.15) is 0 Å². The van der Waals surface area contributed by atoms with Crippen molar-refractivity contribution in [1.82, 2.24) is 5.32 Å². The standard InChI is InChI=1S/C15H28N2O3/c1-10(13(18)19)6-4-7-11(2)17-14(20)15(3)9-5-8-12(15)16/h10-12H,4-9,16H2,1-3H3,(H,17,20)(H,18,19). The maximum Gasteiger partial charge on any atom is 0.306 e. The van der Waals surface area contributed by atoms with E-state index < -0.39 is 11.4 Å². The van der Waals surface area contributed by atoms with Crippen LogP contribution in [0.4, 0.5) is 0 Å². The monoisotopic (exact) mass is 284 g/mol. The minimum atomic E-state index is -0.758. The third-order valence-electron chi connectivity index (χ3n) is 4.62. The number of nitrogens with two attached hydrogens (primary N) is 1. The molecule has 4 atom stereocenters. The van der Waals surface area contributed by atoms with Crippen LogP contribution in [0.15, 0.2) is 0 Å². The number of amides is 1. The third kappa shape index (κ3) is 4.20. The highest BCUT2D eigenvalue weighted by Gasteiger charge is 2.43. The average Bonchev–Trinajstić information content (AvgIpc) is 2.70. The summed E-state index contributed by atoms with van der Waals surface area (Å²) in [7, 11) is 0. The molecule has 0 radical (unpaired) electrons. The average molecular weight is 284 g/mol. The quantitative estimate of drug-likeness (QED) is 0.665. The number of aliphatic carboxylic acids is 1. The molecule has 1 amide bonds. The van der Waals surface area contributed by atoms with E-state index in [1.54, 1.807) is 6.92 Å². The lowest BCUT2D eigenvalue weighted by atomic mass is 9.84. The van der Waals surface area contributed by atoms with Crippen LogP contribution in [0, 0.1) is 11.3 Å². The Hall–Kier alpha value is -1.10. The summed E-state index contributed by atoms with van der Waals surface area (Å²) in [4.78, 5) is 23.0. The molecule has 0 spiro atoms. The molecule has 0 aromatic heterocycles. The van der Waals surface area contributed by atoms with Gasteiger partial charge in [-0.05, 0) is 39.5 Å². The molecule has 5 nitrogen and oxygen atoms in total. The largest absolute Gasteiger partial charge is 0.481 e. The topological polar surface area (TPSA) is 92.4 Å². The highest BCUT2D eigenvalue weighted by Crippen LogP contribution is 2.36. The molecule has 20 heavy (non-hydrogen) atoms. The number of hydrogen-bond acceptors (Lipinski definition) is 3. The zero-order valence-corrected chi connectivity index (χ0v) is 12.8. The Bertz CT molecular complexity index is 359. The molecule has 5 heteroatoms. The zero-order valence-electron chi connectivity index (χ0n) is 12.8. The van der Waals surface area contributed by atoms with Gasteiger partial charge in [0.05, 0.1) is 11.3 Å². The fraction of sp³-hybridized carbons (Fsp3) is 0.867. The Kier molecular flexibility index (Phi) is 5.99. The lowest BCUT2D eigenvalue weighted by Gasteiger charge is -2.29. The van der Waals surface area contributed by atoms with E-state index in [0.717, 1.165) is 32.1 Å². The summed E-state index contributed by atoms with van der Waals surface area (Å²) in [5, 5.41) is 11.8. The number of hydrogen-bond donors (Lipinski definition) is 3. The molecule has 0 heterocycles. The van der Waals surface area contributed by atoms with Gasteiger partial charge < -0.3 is 16.2 Å². The van der Waals surface area contributed by atoms with E-state index in [1.807, 2.05) is 13.8 Å². The van der Waals surface area contributed by atoms with Crippen molar-refractivity contribution in [1.29, 1.82) is 0 Å². The van der Waals surface area contributed by atoms with Crippen LogP contribution < -0.4 is 11.1 Å². The van der Waals surface area contributed by atoms with Gasteiger partial charge >= 0.3 is 5.97 Å². The van der Waals surface area contributed by atoms with E-state index in [1.165, 1.54) is 0 Å². The van der Waals surface area contributed by atoms with Crippen molar-refractivity contribution in [3.63, 3.8) is 0 Å². The van der Waals surface area contributed by atoms with Crippen molar-refractivity contribution in [3.05, 3.63) is 0 Å². The Morgan fingerprint density at radius 2 is 2.05 bits per heavy atom. The molecular formula is C15H28N2O3. The number of carbonyl (C=O) groups excluding carboxylic acids is 1. The molecule has 0 aromatic rings. The summed E-state index contributed by atoms with van der Waals surface area (Å²) in [6.45, 7) is 5.62. The Morgan fingerprint density at radius 1 is 1.40 bits per heavy atom. The smallest absolute Gasteiger partial charge is 0.306 e. The molecule has 1 rings (SSSR count). The van der Waals surface area contributed by atoms with Crippen molar-refractivity contribution in [2.24, 2.45) is 17.1 Å². The van der Waals surface area contributed by atoms with Crippen LogP contribution in [0.5, 0.6) is 0 Å². The summed E-state index contributed by atoms with van der Waals surface area (Å²) in [5.74, 6) is -1.04. The minimum Gasteiger partial charge on any atom is -0.481 e. The fourth-order valence-electron chi connectivity index (χ4n) is 2.79. The van der Waals surface area contributed by atoms with Crippen LogP contribution in [0.2, 0.25) is 0 Å². The summed E-state index contributed by atoms with van der Waals surface area (Å²) in [6, 6.07) is 0.00912. The van der Waals surface area contributed by atoms with Gasteiger partial charge in [-0.1, -0.05) is 19.8 Å². The van der Waals surface area contributed by atoms with Gasteiger partial charge in [0, 0.05) is 12.1 Å². The highest BCUT2D eigenvalue weighted by molar-refractivity contribution is 5.83. The van der Waals surface area contributed by atoms with Crippen molar-refractivity contribution < 1.29 is 14.7 Å². The number of carboxylic acids is 1. The van der Waals surface area contributed by atoms with E-state index in [2.05, 4.69) is 5.32 Å². The summed E-state index contributed by atoms with van der Waals surface area (Å²) in [5.41, 5.74) is 5.60. The van der Waals surface area contributed by atoms with Crippen LogP contribution >= 0.6 is 0 Å². The predicted octanol–water partition coefficient (Wildman–Crippen LogP) is 1.90. The van der Waals surface area contributed by atoms with Crippen LogP contribution in [0.1, 0.15) is 59.3 Å². The van der Waals surface area contributed by atoms with Gasteiger partial charge in [-0.25, -0.2) is 0 Å². The maximum absolute atomic E-state index is 12.3. The first-order valence-electron chi connectivity index (χ1n) is 7.56. The molecule has 1 aliphatic rings. The first kappa shape index (κ1) is 17.0. The van der Waals surface area contributed by atoms with Gasteiger partial charge in [0.1, 0.15) is 0 Å². The molecule has 0 aromatic carbocycles. The Balaban J connectivity index is 2.33. The van der Waals surface area contributed by atoms with E-state index >= 15 is 0 Å². The van der Waals surface area contributed by atoms with Crippen molar-refractivity contribution in [2.45, 2.75) is 71.4 Å². The van der Waals surface area contributed by atoms with E-state index in [4.69, 9.17) is 10.8 Å². The first-order chi connectivity index (χ1) is 9.27. The summed E-state index contributed by atoms with van der Waals surface area (Å²) in [6.07, 6.45) is 5.02. The Labute approximate surface area is 121 Å². The molecule has 1 fully saturated rings. The van der Waals surface area contributed by atoms with Crippen molar-refractivity contribution >= 4 is 11.9 Å². The van der Waals surface area contributed by atoms with Crippen molar-refractivity contribution in [2.75, 3.05) is 0 Å². The lowest BCUT2D eigenvalue weighted by Crippen LogP contribution is -2.49. The minimum absolute atomic E-state index is 0.0429. The Morgan fingerprint density at radius 3 is 2.55 bits per heavy atom. The number of carboxylic acid groups (broad SMARTS) is 1. The summed E-state index contributed by atoms with van der Waals surface area (Å²) >= 11 is 0. The molecule has 1 saturated carbocycles. The highest BCUT2D eigenvalue weighted by atomic mass is 16.4. The van der Waals surface area contributed by atoms with Gasteiger partial charge in [0.15, 0.2) is 0 Å². The van der Waals surface area contributed by atoms with Crippen molar-refractivity contribution in [3.8, 4) is 0 Å². The van der Waals surface area contributed by atoms with Crippen LogP contribution in [0.3, 0.4) is 0 Å². The van der Waals surface area contributed by atoms with Gasteiger partial charge in [0.2, 0.25) is 5.91 Å². The van der Waals surface area contributed by atoms with Gasteiger partial charge in [-0.15, -0.1) is 0 Å². The number of rotatable bonds is 7. The molecule has 0 bridgehead atoms. The molecule has 4 unspecified atom stereocenters. The molecule has 1 aliphatic carbocycles. The SMILES string of the molecule is CC(CCCC(C)C(=O)O)NC(=O)C1(C)CCCC1N. The molecule has 116 valence electrons. The van der Waals surface area contributed by atoms with Crippen LogP contribution in [0.25, 0.3) is 0 Å². The van der Waals surface area contributed by atoms with Crippen LogP contribution in [-0.4, -0.2) is 29.1 Å². The van der Waals surface area contributed by atoms with E-state index in [-0.39, 0.29) is 23.9 Å². The number of carbonyl (C=O) groups is 2. The summed E-state index contributed by atoms with van der Waals surface area (Å²) < 4.78 is 0. The second-order valence-corrected chi connectivity index (χ2v) is 6.46.